The molecule has 0 aromatic heterocycles. The molecule has 2 unspecified atom stereocenters. The topological polar surface area (TPSA) is 21.3 Å². The molecule has 2 atom stereocenters. The lowest BCUT2D eigenvalue weighted by atomic mass is 9.93. The summed E-state index contributed by atoms with van der Waals surface area (Å²) in [6.07, 6.45) is 1.23. The standard InChI is InChI=1S/C16H26ClNO/c1-5-11-18-15(16(12(3)4)19-6-2)13-9-7-8-10-14(13)17/h7-10,12,15-16,18H,5-6,11H2,1-4H3. The lowest BCUT2D eigenvalue weighted by Crippen LogP contribution is -2.38. The van der Waals surface area contributed by atoms with Crippen molar-refractivity contribution < 1.29 is 4.74 Å². The van der Waals surface area contributed by atoms with Crippen LogP contribution in [0.2, 0.25) is 5.02 Å². The number of rotatable bonds is 8. The molecule has 0 amide bonds. The Balaban J connectivity index is 3.01. The summed E-state index contributed by atoms with van der Waals surface area (Å²) in [5.74, 6) is 0.436. The van der Waals surface area contributed by atoms with Crippen molar-refractivity contribution in [1.29, 1.82) is 0 Å². The second-order valence-electron chi connectivity index (χ2n) is 5.12. The van der Waals surface area contributed by atoms with Crippen LogP contribution in [0.3, 0.4) is 0 Å². The van der Waals surface area contributed by atoms with Gasteiger partial charge in [-0.25, -0.2) is 0 Å². The van der Waals surface area contributed by atoms with E-state index in [9.17, 15) is 0 Å². The van der Waals surface area contributed by atoms with Gasteiger partial charge in [0.1, 0.15) is 0 Å². The SMILES string of the molecule is CCCNC(c1ccccc1Cl)C(OCC)C(C)C. The molecule has 1 N–H and O–H groups in total. The van der Waals surface area contributed by atoms with Gasteiger partial charge in [0.05, 0.1) is 12.1 Å². The van der Waals surface area contributed by atoms with Gasteiger partial charge < -0.3 is 10.1 Å². The van der Waals surface area contributed by atoms with Crippen molar-refractivity contribution >= 4 is 11.6 Å². The number of benzene rings is 1. The van der Waals surface area contributed by atoms with E-state index in [1.165, 1.54) is 0 Å². The Labute approximate surface area is 122 Å². The molecule has 0 spiro atoms. The quantitative estimate of drug-likeness (QED) is 0.761. The molecule has 0 saturated carbocycles. The molecule has 0 fully saturated rings. The number of ether oxygens (including phenoxy) is 1. The van der Waals surface area contributed by atoms with Gasteiger partial charge in [-0.1, -0.05) is 50.6 Å². The smallest absolute Gasteiger partial charge is 0.0792 e. The van der Waals surface area contributed by atoms with Crippen molar-refractivity contribution in [2.24, 2.45) is 5.92 Å². The third kappa shape index (κ3) is 4.79. The molecule has 0 aliphatic carbocycles. The molecule has 0 aliphatic heterocycles. The van der Waals surface area contributed by atoms with Crippen LogP contribution < -0.4 is 5.32 Å². The van der Waals surface area contributed by atoms with Gasteiger partial charge in [-0.2, -0.15) is 0 Å². The van der Waals surface area contributed by atoms with E-state index in [0.717, 1.165) is 30.2 Å². The highest BCUT2D eigenvalue weighted by molar-refractivity contribution is 6.31. The van der Waals surface area contributed by atoms with E-state index >= 15 is 0 Å². The molecule has 19 heavy (non-hydrogen) atoms. The van der Waals surface area contributed by atoms with E-state index in [2.05, 4.69) is 32.2 Å². The maximum Gasteiger partial charge on any atom is 0.0792 e. The molecule has 1 rings (SSSR count). The van der Waals surface area contributed by atoms with Gasteiger partial charge in [0.15, 0.2) is 0 Å². The van der Waals surface area contributed by atoms with Crippen molar-refractivity contribution in [1.82, 2.24) is 5.32 Å². The van der Waals surface area contributed by atoms with Crippen LogP contribution in [0.15, 0.2) is 24.3 Å². The fourth-order valence-corrected chi connectivity index (χ4v) is 2.55. The number of hydrogen-bond donors (Lipinski definition) is 1. The van der Waals surface area contributed by atoms with E-state index < -0.39 is 0 Å². The Bertz CT molecular complexity index is 368. The van der Waals surface area contributed by atoms with Crippen LogP contribution in [-0.2, 0) is 4.74 Å². The van der Waals surface area contributed by atoms with Crippen LogP contribution >= 0.6 is 11.6 Å². The zero-order chi connectivity index (χ0) is 14.3. The monoisotopic (exact) mass is 283 g/mol. The van der Waals surface area contributed by atoms with Gasteiger partial charge in [0.2, 0.25) is 0 Å². The Hall–Kier alpha value is -0.570. The van der Waals surface area contributed by atoms with Crippen molar-refractivity contribution in [2.45, 2.75) is 46.3 Å². The maximum absolute atomic E-state index is 6.35. The fourth-order valence-electron chi connectivity index (χ4n) is 2.30. The Morgan fingerprint density at radius 3 is 2.42 bits per heavy atom. The van der Waals surface area contributed by atoms with E-state index in [-0.39, 0.29) is 12.1 Å². The molecule has 1 aromatic rings. The predicted molar refractivity (Wildman–Crippen MR) is 82.7 cm³/mol. The summed E-state index contributed by atoms with van der Waals surface area (Å²) in [4.78, 5) is 0. The first-order chi connectivity index (χ1) is 9.11. The highest BCUT2D eigenvalue weighted by Crippen LogP contribution is 2.29. The van der Waals surface area contributed by atoms with Gasteiger partial charge in [-0.15, -0.1) is 0 Å². The van der Waals surface area contributed by atoms with E-state index in [4.69, 9.17) is 16.3 Å². The van der Waals surface area contributed by atoms with Gasteiger partial charge in [0.25, 0.3) is 0 Å². The Kier molecular flexibility index (Phi) is 7.44. The Morgan fingerprint density at radius 2 is 1.89 bits per heavy atom. The summed E-state index contributed by atoms with van der Waals surface area (Å²) >= 11 is 6.35. The molecule has 0 aliphatic rings. The van der Waals surface area contributed by atoms with Crippen LogP contribution in [0.5, 0.6) is 0 Å². The average Bonchev–Trinajstić information content (AvgIpc) is 2.39. The summed E-state index contributed by atoms with van der Waals surface area (Å²) in [5, 5.41) is 4.39. The first-order valence-electron chi connectivity index (χ1n) is 7.21. The number of nitrogens with one attached hydrogen (secondary N) is 1. The minimum atomic E-state index is 0.136. The van der Waals surface area contributed by atoms with Gasteiger partial charge in [0, 0.05) is 11.6 Å². The third-order valence-corrected chi connectivity index (χ3v) is 3.54. The maximum atomic E-state index is 6.35. The van der Waals surface area contributed by atoms with Crippen molar-refractivity contribution in [3.63, 3.8) is 0 Å². The van der Waals surface area contributed by atoms with Crippen molar-refractivity contribution in [3.05, 3.63) is 34.9 Å². The zero-order valence-corrected chi connectivity index (χ0v) is 13.2. The lowest BCUT2D eigenvalue weighted by Gasteiger charge is -2.31. The fraction of sp³-hybridized carbons (Fsp3) is 0.625. The van der Waals surface area contributed by atoms with Gasteiger partial charge in [-0.05, 0) is 37.4 Å². The summed E-state index contributed by atoms with van der Waals surface area (Å²) < 4.78 is 5.95. The number of hydrogen-bond acceptors (Lipinski definition) is 2. The third-order valence-electron chi connectivity index (χ3n) is 3.20. The van der Waals surface area contributed by atoms with Crippen LogP contribution in [-0.4, -0.2) is 19.3 Å². The Morgan fingerprint density at radius 1 is 1.21 bits per heavy atom. The molecule has 2 nitrogen and oxygen atoms in total. The minimum Gasteiger partial charge on any atom is -0.376 e. The van der Waals surface area contributed by atoms with Gasteiger partial charge >= 0.3 is 0 Å². The van der Waals surface area contributed by atoms with Crippen LogP contribution in [0.25, 0.3) is 0 Å². The van der Waals surface area contributed by atoms with Crippen molar-refractivity contribution in [3.8, 4) is 0 Å². The lowest BCUT2D eigenvalue weighted by molar-refractivity contribution is 0.00286. The van der Waals surface area contributed by atoms with E-state index in [0.29, 0.717) is 5.92 Å². The molecular formula is C16H26ClNO. The predicted octanol–water partition coefficient (Wildman–Crippen LogP) is 4.44. The normalized spacial score (nSPS) is 14.6. The first-order valence-corrected chi connectivity index (χ1v) is 7.59. The van der Waals surface area contributed by atoms with Gasteiger partial charge in [-0.3, -0.25) is 0 Å². The van der Waals surface area contributed by atoms with Crippen LogP contribution in [0.1, 0.15) is 45.7 Å². The minimum absolute atomic E-state index is 0.136. The highest BCUT2D eigenvalue weighted by atomic mass is 35.5. The highest BCUT2D eigenvalue weighted by Gasteiger charge is 2.27. The molecule has 3 heteroatoms. The van der Waals surface area contributed by atoms with E-state index in [1.54, 1.807) is 0 Å². The van der Waals surface area contributed by atoms with Crippen molar-refractivity contribution in [2.75, 3.05) is 13.2 Å². The second kappa shape index (κ2) is 8.57. The zero-order valence-electron chi connectivity index (χ0n) is 12.4. The molecule has 0 saturated heterocycles. The van der Waals surface area contributed by atoms with Crippen LogP contribution in [0, 0.1) is 5.92 Å². The van der Waals surface area contributed by atoms with E-state index in [1.807, 2.05) is 25.1 Å². The molecular weight excluding hydrogens is 258 g/mol. The summed E-state index contributed by atoms with van der Waals surface area (Å²) in [6.45, 7) is 10.3. The summed E-state index contributed by atoms with van der Waals surface area (Å²) in [5.41, 5.74) is 1.13. The molecule has 0 radical (unpaired) electrons. The summed E-state index contributed by atoms with van der Waals surface area (Å²) in [7, 11) is 0. The molecule has 0 heterocycles. The second-order valence-corrected chi connectivity index (χ2v) is 5.52. The molecule has 0 bridgehead atoms. The number of halogens is 1. The molecule has 108 valence electrons. The summed E-state index contributed by atoms with van der Waals surface area (Å²) in [6, 6.07) is 8.18. The van der Waals surface area contributed by atoms with Crippen LogP contribution in [0.4, 0.5) is 0 Å². The largest absolute Gasteiger partial charge is 0.376 e. The first kappa shape index (κ1) is 16.5. The average molecular weight is 284 g/mol. The molecule has 1 aromatic carbocycles.